The second-order valence-corrected chi connectivity index (χ2v) is 4.52. The van der Waals surface area contributed by atoms with Gasteiger partial charge >= 0.3 is 0 Å². The van der Waals surface area contributed by atoms with Gasteiger partial charge in [-0.15, -0.1) is 0 Å². The van der Waals surface area contributed by atoms with Gasteiger partial charge in [0.1, 0.15) is 0 Å². The van der Waals surface area contributed by atoms with E-state index in [4.69, 9.17) is 4.98 Å². The maximum Gasteiger partial charge on any atom is 0.159 e. The molecule has 2 aromatic rings. The topological polar surface area (TPSA) is 41.9 Å². The summed E-state index contributed by atoms with van der Waals surface area (Å²) in [5, 5.41) is 0. The van der Waals surface area contributed by atoms with Gasteiger partial charge in [0.15, 0.2) is 5.82 Å². The van der Waals surface area contributed by atoms with Crippen molar-refractivity contribution in [3.8, 4) is 11.4 Å². The third-order valence-corrected chi connectivity index (χ3v) is 3.41. The minimum absolute atomic E-state index is 0.800. The Hall–Kier alpha value is -1.81. The number of aromatic nitrogens is 3. The van der Waals surface area contributed by atoms with Gasteiger partial charge in [-0.05, 0) is 30.7 Å². The minimum Gasteiger partial charge on any atom is -0.297 e. The van der Waals surface area contributed by atoms with Gasteiger partial charge in [-0.2, -0.15) is 0 Å². The van der Waals surface area contributed by atoms with E-state index in [2.05, 4.69) is 21.8 Å². The lowest BCUT2D eigenvalue weighted by molar-refractivity contribution is 0.263. The van der Waals surface area contributed by atoms with Gasteiger partial charge in [-0.25, -0.2) is 9.97 Å². The van der Waals surface area contributed by atoms with Gasteiger partial charge in [-0.1, -0.05) is 6.92 Å². The molecule has 0 atom stereocenters. The first-order valence-electron chi connectivity index (χ1n) is 6.34. The summed E-state index contributed by atoms with van der Waals surface area (Å²) in [6.07, 6.45) is 6.58. The second kappa shape index (κ2) is 4.82. The summed E-state index contributed by atoms with van der Waals surface area (Å²) in [7, 11) is 0. The van der Waals surface area contributed by atoms with Crippen LogP contribution in [-0.2, 0) is 13.0 Å². The van der Waals surface area contributed by atoms with Crippen LogP contribution in [0.3, 0.4) is 0 Å². The predicted octanol–water partition coefficient (Wildman–Crippen LogP) is 1.92. The van der Waals surface area contributed by atoms with Crippen molar-refractivity contribution in [3.63, 3.8) is 0 Å². The molecule has 1 aliphatic rings. The van der Waals surface area contributed by atoms with Crippen LogP contribution < -0.4 is 0 Å². The first-order chi connectivity index (χ1) is 8.86. The number of hydrogen-bond acceptors (Lipinski definition) is 4. The van der Waals surface area contributed by atoms with Gasteiger partial charge in [0.2, 0.25) is 0 Å². The molecule has 0 saturated heterocycles. The summed E-state index contributed by atoms with van der Waals surface area (Å²) in [6, 6.07) is 3.89. The number of fused-ring (bicyclic) bond motifs is 1. The van der Waals surface area contributed by atoms with Gasteiger partial charge in [0, 0.05) is 37.2 Å². The van der Waals surface area contributed by atoms with Crippen molar-refractivity contribution in [2.75, 3.05) is 13.1 Å². The average Bonchev–Trinajstić information content (AvgIpc) is 2.47. The third kappa shape index (κ3) is 2.11. The molecular formula is C14H16N4. The summed E-state index contributed by atoms with van der Waals surface area (Å²) in [6.45, 7) is 5.32. The van der Waals surface area contributed by atoms with Crippen molar-refractivity contribution in [1.82, 2.24) is 19.9 Å². The molecule has 0 radical (unpaired) electrons. The molecule has 0 N–H and O–H groups in total. The first-order valence-corrected chi connectivity index (χ1v) is 6.34. The van der Waals surface area contributed by atoms with Gasteiger partial charge < -0.3 is 0 Å². The number of pyridine rings is 1. The van der Waals surface area contributed by atoms with E-state index in [9.17, 15) is 0 Å². The SMILES string of the molecule is CCN1CCc2cnc(-c3ccncc3)nc2C1. The Morgan fingerprint density at radius 2 is 2.11 bits per heavy atom. The standard InChI is InChI=1S/C14H16N4/c1-2-18-8-5-12-9-16-14(17-13(12)10-18)11-3-6-15-7-4-11/h3-4,6-7,9H,2,5,8,10H2,1H3. The highest BCUT2D eigenvalue weighted by atomic mass is 15.1. The third-order valence-electron chi connectivity index (χ3n) is 3.41. The van der Waals surface area contributed by atoms with Gasteiger partial charge in [0.25, 0.3) is 0 Å². The van der Waals surface area contributed by atoms with Crippen LogP contribution in [0.2, 0.25) is 0 Å². The molecule has 0 bridgehead atoms. The van der Waals surface area contributed by atoms with Crippen LogP contribution in [0.5, 0.6) is 0 Å². The molecule has 4 heteroatoms. The Labute approximate surface area is 107 Å². The van der Waals surface area contributed by atoms with E-state index in [0.29, 0.717) is 0 Å². The summed E-state index contributed by atoms with van der Waals surface area (Å²) in [4.78, 5) is 15.6. The zero-order chi connectivity index (χ0) is 12.4. The Morgan fingerprint density at radius 3 is 2.89 bits per heavy atom. The van der Waals surface area contributed by atoms with E-state index < -0.39 is 0 Å². The molecule has 0 saturated carbocycles. The number of rotatable bonds is 2. The second-order valence-electron chi connectivity index (χ2n) is 4.52. The number of hydrogen-bond donors (Lipinski definition) is 0. The molecule has 0 fully saturated rings. The van der Waals surface area contributed by atoms with Crippen molar-refractivity contribution in [3.05, 3.63) is 42.0 Å². The molecule has 3 rings (SSSR count). The van der Waals surface area contributed by atoms with Crippen LogP contribution in [0.1, 0.15) is 18.2 Å². The van der Waals surface area contributed by atoms with E-state index in [1.54, 1.807) is 12.4 Å². The molecule has 92 valence electrons. The molecule has 1 aliphatic heterocycles. The first kappa shape index (κ1) is 11.3. The Bertz CT molecular complexity index is 539. The van der Waals surface area contributed by atoms with E-state index in [1.165, 1.54) is 11.3 Å². The van der Waals surface area contributed by atoms with Crippen molar-refractivity contribution in [2.24, 2.45) is 0 Å². The highest BCUT2D eigenvalue weighted by Crippen LogP contribution is 2.20. The normalized spacial score (nSPS) is 15.4. The van der Waals surface area contributed by atoms with Crippen molar-refractivity contribution < 1.29 is 0 Å². The number of likely N-dealkylation sites (N-methyl/N-ethyl adjacent to an activating group) is 1. The Balaban J connectivity index is 1.96. The quantitative estimate of drug-likeness (QED) is 0.804. The summed E-state index contributed by atoms with van der Waals surface area (Å²) >= 11 is 0. The molecule has 0 aliphatic carbocycles. The van der Waals surface area contributed by atoms with Crippen LogP contribution in [-0.4, -0.2) is 32.9 Å². The van der Waals surface area contributed by atoms with Crippen molar-refractivity contribution in [2.45, 2.75) is 19.9 Å². The van der Waals surface area contributed by atoms with E-state index in [-0.39, 0.29) is 0 Å². The monoisotopic (exact) mass is 240 g/mol. The zero-order valence-electron chi connectivity index (χ0n) is 10.5. The molecule has 3 heterocycles. The zero-order valence-corrected chi connectivity index (χ0v) is 10.5. The van der Waals surface area contributed by atoms with Crippen LogP contribution in [0.25, 0.3) is 11.4 Å². The van der Waals surface area contributed by atoms with Crippen molar-refractivity contribution in [1.29, 1.82) is 0 Å². The molecule has 0 spiro atoms. The van der Waals surface area contributed by atoms with Crippen LogP contribution in [0.15, 0.2) is 30.7 Å². The smallest absolute Gasteiger partial charge is 0.159 e. The van der Waals surface area contributed by atoms with Crippen LogP contribution >= 0.6 is 0 Å². The summed E-state index contributed by atoms with van der Waals surface area (Å²) in [5.41, 5.74) is 3.49. The highest BCUT2D eigenvalue weighted by molar-refractivity contribution is 5.53. The van der Waals surface area contributed by atoms with Crippen LogP contribution in [0.4, 0.5) is 0 Å². The van der Waals surface area contributed by atoms with E-state index >= 15 is 0 Å². The van der Waals surface area contributed by atoms with Gasteiger partial charge in [0.05, 0.1) is 5.69 Å². The molecule has 0 aromatic carbocycles. The lowest BCUT2D eigenvalue weighted by atomic mass is 10.1. The molecule has 0 amide bonds. The summed E-state index contributed by atoms with van der Waals surface area (Å²) in [5.74, 6) is 0.800. The fraction of sp³-hybridized carbons (Fsp3) is 0.357. The Morgan fingerprint density at radius 1 is 1.28 bits per heavy atom. The number of nitrogens with zero attached hydrogens (tertiary/aromatic N) is 4. The predicted molar refractivity (Wildman–Crippen MR) is 69.9 cm³/mol. The maximum atomic E-state index is 4.70. The minimum atomic E-state index is 0.800. The van der Waals surface area contributed by atoms with E-state index in [1.807, 2.05) is 18.3 Å². The fourth-order valence-corrected chi connectivity index (χ4v) is 2.27. The van der Waals surface area contributed by atoms with E-state index in [0.717, 1.165) is 37.4 Å². The largest absolute Gasteiger partial charge is 0.297 e. The highest BCUT2D eigenvalue weighted by Gasteiger charge is 2.17. The fourth-order valence-electron chi connectivity index (χ4n) is 2.27. The summed E-state index contributed by atoms with van der Waals surface area (Å²) < 4.78 is 0. The maximum absolute atomic E-state index is 4.70. The van der Waals surface area contributed by atoms with Gasteiger partial charge in [-0.3, -0.25) is 9.88 Å². The van der Waals surface area contributed by atoms with Crippen molar-refractivity contribution >= 4 is 0 Å². The molecule has 4 nitrogen and oxygen atoms in total. The lowest BCUT2D eigenvalue weighted by Gasteiger charge is -2.26. The molecule has 2 aromatic heterocycles. The van der Waals surface area contributed by atoms with Crippen LogP contribution in [0, 0.1) is 0 Å². The molecular weight excluding hydrogens is 224 g/mol. The molecule has 18 heavy (non-hydrogen) atoms. The Kier molecular flexibility index (Phi) is 3.02. The molecule has 0 unspecified atom stereocenters. The lowest BCUT2D eigenvalue weighted by Crippen LogP contribution is -2.31. The average molecular weight is 240 g/mol.